The van der Waals surface area contributed by atoms with Gasteiger partial charge in [-0.05, 0) is 44.2 Å². The number of benzene rings is 1. The van der Waals surface area contributed by atoms with Gasteiger partial charge in [0, 0.05) is 11.3 Å². The van der Waals surface area contributed by atoms with Crippen molar-refractivity contribution in [2.75, 3.05) is 0 Å². The fourth-order valence-corrected chi connectivity index (χ4v) is 3.34. The first-order valence-electron chi connectivity index (χ1n) is 6.75. The zero-order valence-electron chi connectivity index (χ0n) is 10.7. The first kappa shape index (κ1) is 13.4. The first-order chi connectivity index (χ1) is 8.86. The van der Waals surface area contributed by atoms with Gasteiger partial charge in [-0.25, -0.2) is 0 Å². The number of ketones is 1. The summed E-state index contributed by atoms with van der Waals surface area (Å²) in [7, 11) is 0. The molecule has 0 bridgehead atoms. The minimum atomic E-state index is 0.152. The van der Waals surface area contributed by atoms with Gasteiger partial charge in [0.05, 0.1) is 5.25 Å². The van der Waals surface area contributed by atoms with Crippen LogP contribution in [0.3, 0.4) is 0 Å². The molecule has 1 atom stereocenters. The Labute approximate surface area is 114 Å². The molecule has 2 rings (SSSR count). The van der Waals surface area contributed by atoms with Crippen LogP contribution in [0.5, 0.6) is 0 Å². The summed E-state index contributed by atoms with van der Waals surface area (Å²) in [6, 6.07) is 10.3. The molecule has 0 aliphatic heterocycles. The molecular formula is C16H20OS. The van der Waals surface area contributed by atoms with Crippen LogP contribution in [-0.4, -0.2) is 11.0 Å². The Bertz CT molecular complexity index is 397. The summed E-state index contributed by atoms with van der Waals surface area (Å²) in [5.74, 6) is 0.430. The van der Waals surface area contributed by atoms with E-state index in [1.165, 1.54) is 4.90 Å². The van der Waals surface area contributed by atoms with E-state index in [0.29, 0.717) is 5.78 Å². The largest absolute Gasteiger partial charge is 0.298 e. The molecule has 0 saturated carbocycles. The molecule has 1 aliphatic rings. The van der Waals surface area contributed by atoms with Crippen molar-refractivity contribution in [2.24, 2.45) is 0 Å². The predicted molar refractivity (Wildman–Crippen MR) is 77.9 cm³/mol. The summed E-state index contributed by atoms with van der Waals surface area (Å²) >= 11 is 1.74. The van der Waals surface area contributed by atoms with Gasteiger partial charge < -0.3 is 0 Å². The highest BCUT2D eigenvalue weighted by atomic mass is 32.2. The number of hydrogen-bond acceptors (Lipinski definition) is 2. The summed E-state index contributed by atoms with van der Waals surface area (Å²) in [6.07, 6.45) is 10.5. The molecule has 0 aromatic heterocycles. The molecule has 2 heteroatoms. The molecule has 1 nitrogen and oxygen atoms in total. The van der Waals surface area contributed by atoms with Crippen molar-refractivity contribution in [2.45, 2.75) is 48.7 Å². The Kier molecular flexibility index (Phi) is 5.53. The first-order valence-corrected chi connectivity index (χ1v) is 7.63. The van der Waals surface area contributed by atoms with Crippen LogP contribution >= 0.6 is 11.8 Å². The Morgan fingerprint density at radius 2 is 1.72 bits per heavy atom. The maximum atomic E-state index is 12.2. The van der Waals surface area contributed by atoms with Crippen molar-refractivity contribution in [3.63, 3.8) is 0 Å². The lowest BCUT2D eigenvalue weighted by molar-refractivity contribution is -0.118. The molecule has 0 spiro atoms. The highest BCUT2D eigenvalue weighted by Crippen LogP contribution is 2.28. The minimum absolute atomic E-state index is 0.152. The van der Waals surface area contributed by atoms with Gasteiger partial charge in [0.1, 0.15) is 5.78 Å². The second kappa shape index (κ2) is 7.42. The molecule has 0 amide bonds. The topological polar surface area (TPSA) is 17.1 Å². The average Bonchev–Trinajstić information content (AvgIpc) is 2.41. The Balaban J connectivity index is 1.99. The van der Waals surface area contributed by atoms with Crippen LogP contribution in [0.25, 0.3) is 0 Å². The van der Waals surface area contributed by atoms with Gasteiger partial charge in [0.2, 0.25) is 0 Å². The molecule has 0 radical (unpaired) electrons. The number of hydrogen-bond donors (Lipinski definition) is 0. The van der Waals surface area contributed by atoms with Gasteiger partial charge in [-0.15, -0.1) is 11.8 Å². The van der Waals surface area contributed by atoms with Gasteiger partial charge in [-0.2, -0.15) is 0 Å². The third kappa shape index (κ3) is 4.34. The summed E-state index contributed by atoms with van der Waals surface area (Å²) in [6.45, 7) is 0. The molecule has 1 aromatic rings. The molecule has 1 aromatic carbocycles. The molecule has 0 N–H and O–H groups in total. The molecule has 0 saturated heterocycles. The van der Waals surface area contributed by atoms with Crippen LogP contribution in [0, 0.1) is 0 Å². The van der Waals surface area contributed by atoms with E-state index in [9.17, 15) is 4.79 Å². The fourth-order valence-electron chi connectivity index (χ4n) is 2.16. The van der Waals surface area contributed by atoms with Crippen LogP contribution in [0.15, 0.2) is 47.4 Å². The van der Waals surface area contributed by atoms with Gasteiger partial charge in [0.25, 0.3) is 0 Å². The number of rotatable bonds is 2. The van der Waals surface area contributed by atoms with Gasteiger partial charge in [-0.3, -0.25) is 4.79 Å². The van der Waals surface area contributed by atoms with E-state index >= 15 is 0 Å². The molecule has 0 unspecified atom stereocenters. The van der Waals surface area contributed by atoms with Gasteiger partial charge in [-0.1, -0.05) is 30.4 Å². The quantitative estimate of drug-likeness (QED) is 0.721. The lowest BCUT2D eigenvalue weighted by atomic mass is 10.0. The third-order valence-corrected chi connectivity index (χ3v) is 4.51. The van der Waals surface area contributed by atoms with Crippen LogP contribution in [0.4, 0.5) is 0 Å². The predicted octanol–water partition coefficient (Wildman–Crippen LogP) is 4.63. The van der Waals surface area contributed by atoms with E-state index in [0.717, 1.165) is 38.5 Å². The Morgan fingerprint density at radius 1 is 1.00 bits per heavy atom. The number of carbonyl (C=O) groups excluding carboxylic acids is 1. The smallest absolute Gasteiger partial charge is 0.146 e. The number of carbonyl (C=O) groups is 1. The van der Waals surface area contributed by atoms with Crippen LogP contribution < -0.4 is 0 Å². The molecule has 0 fully saturated rings. The zero-order chi connectivity index (χ0) is 12.6. The second-order valence-corrected chi connectivity index (χ2v) is 5.96. The Morgan fingerprint density at radius 3 is 2.50 bits per heavy atom. The van der Waals surface area contributed by atoms with Crippen molar-refractivity contribution in [3.8, 4) is 0 Å². The minimum Gasteiger partial charge on any atom is -0.298 e. The van der Waals surface area contributed by atoms with Crippen molar-refractivity contribution in [3.05, 3.63) is 42.5 Å². The maximum absolute atomic E-state index is 12.2. The van der Waals surface area contributed by atoms with Crippen LogP contribution in [0.2, 0.25) is 0 Å². The van der Waals surface area contributed by atoms with Crippen molar-refractivity contribution < 1.29 is 4.79 Å². The highest BCUT2D eigenvalue weighted by Gasteiger charge is 2.19. The molecular weight excluding hydrogens is 240 g/mol. The van der Waals surface area contributed by atoms with E-state index in [-0.39, 0.29) is 5.25 Å². The van der Waals surface area contributed by atoms with E-state index in [1.807, 2.05) is 18.2 Å². The zero-order valence-corrected chi connectivity index (χ0v) is 11.5. The van der Waals surface area contributed by atoms with Crippen molar-refractivity contribution in [1.82, 2.24) is 0 Å². The summed E-state index contributed by atoms with van der Waals surface area (Å²) in [5, 5.41) is 0.152. The van der Waals surface area contributed by atoms with E-state index in [4.69, 9.17) is 0 Å². The summed E-state index contributed by atoms with van der Waals surface area (Å²) in [5.41, 5.74) is 0. The summed E-state index contributed by atoms with van der Waals surface area (Å²) in [4.78, 5) is 13.4. The third-order valence-electron chi connectivity index (χ3n) is 3.18. The maximum Gasteiger partial charge on any atom is 0.146 e. The van der Waals surface area contributed by atoms with Crippen LogP contribution in [0.1, 0.15) is 38.5 Å². The van der Waals surface area contributed by atoms with Crippen molar-refractivity contribution >= 4 is 17.5 Å². The summed E-state index contributed by atoms with van der Waals surface area (Å²) < 4.78 is 0. The standard InChI is InChI=1S/C16H20OS/c17-15-12-8-3-1-2-4-9-13-16(15)18-14-10-6-5-7-11-14/h1-2,5-7,10-11,16H,3-4,8-9,12-13H2/b2-1-/t16-/m1/s1. The SMILES string of the molecule is O=C1CCC/C=C\CCC[C@H]1Sc1ccccc1. The van der Waals surface area contributed by atoms with Crippen LogP contribution in [-0.2, 0) is 4.79 Å². The molecule has 18 heavy (non-hydrogen) atoms. The van der Waals surface area contributed by atoms with E-state index in [1.54, 1.807) is 11.8 Å². The highest BCUT2D eigenvalue weighted by molar-refractivity contribution is 8.00. The fraction of sp³-hybridized carbons (Fsp3) is 0.438. The van der Waals surface area contributed by atoms with E-state index < -0.39 is 0 Å². The molecule has 96 valence electrons. The lowest BCUT2D eigenvalue weighted by Crippen LogP contribution is -2.17. The lowest BCUT2D eigenvalue weighted by Gasteiger charge is -2.16. The Hall–Kier alpha value is -1.02. The number of Topliss-reactive ketones (excluding diaryl/α,β-unsaturated/α-hetero) is 1. The average molecular weight is 260 g/mol. The molecule has 1 aliphatic carbocycles. The normalized spacial score (nSPS) is 23.6. The van der Waals surface area contributed by atoms with Crippen molar-refractivity contribution in [1.29, 1.82) is 0 Å². The monoisotopic (exact) mass is 260 g/mol. The van der Waals surface area contributed by atoms with Gasteiger partial charge >= 0.3 is 0 Å². The molecule has 0 heterocycles. The van der Waals surface area contributed by atoms with Gasteiger partial charge in [0.15, 0.2) is 0 Å². The number of allylic oxidation sites excluding steroid dienone is 2. The number of thioether (sulfide) groups is 1. The second-order valence-electron chi connectivity index (χ2n) is 4.68. The van der Waals surface area contributed by atoms with E-state index in [2.05, 4.69) is 24.3 Å².